The second-order valence-corrected chi connectivity index (χ2v) is 19.2. The molecule has 4 aliphatic carbocycles. The predicted molar refractivity (Wildman–Crippen MR) is 216 cm³/mol. The van der Waals surface area contributed by atoms with E-state index in [1.807, 2.05) is 12.1 Å². The number of hydrogen-bond acceptors (Lipinski definition) is 7. The lowest BCUT2D eigenvalue weighted by Gasteiger charge is -2.28. The third kappa shape index (κ3) is 4.47. The number of rotatable bonds is 2. The van der Waals surface area contributed by atoms with Crippen molar-refractivity contribution in [2.45, 2.75) is 38.5 Å². The number of halogens is 4. The fourth-order valence-electron chi connectivity index (χ4n) is 9.11. The van der Waals surface area contributed by atoms with E-state index in [2.05, 4.69) is 27.7 Å². The highest BCUT2D eigenvalue weighted by Gasteiger charge is 2.50. The molecule has 4 aromatic carbocycles. The summed E-state index contributed by atoms with van der Waals surface area (Å²) in [5.74, 6) is -5.92. The van der Waals surface area contributed by atoms with Gasteiger partial charge in [-0.05, 0) is 117 Å². The SMILES string of the molecule is CC1(C)c2cc(C=C3C(=O)c4cc5cc(F)c(F)cc5cc4C3=O)sc2-c2sc3c(c21)C(C)(C)c1cc(C=C2C(=O)c4cc5cc(F)c(F)cc5cc4C2=O)sc1-3. The van der Waals surface area contributed by atoms with E-state index in [-0.39, 0.29) is 33.4 Å². The molecule has 0 atom stereocenters. The van der Waals surface area contributed by atoms with E-state index in [1.165, 1.54) is 58.1 Å². The molecule has 0 saturated carbocycles. The van der Waals surface area contributed by atoms with Crippen molar-refractivity contribution in [1.29, 1.82) is 0 Å². The number of hydrogen-bond donors (Lipinski definition) is 0. The van der Waals surface area contributed by atoms with Gasteiger partial charge in [-0.1, -0.05) is 27.7 Å². The molecule has 0 saturated heterocycles. The molecule has 278 valence electrons. The van der Waals surface area contributed by atoms with Gasteiger partial charge in [-0.2, -0.15) is 0 Å². The zero-order valence-corrected chi connectivity index (χ0v) is 32.7. The van der Waals surface area contributed by atoms with Gasteiger partial charge in [0.05, 0.1) is 11.1 Å². The first-order valence-corrected chi connectivity index (χ1v) is 20.4. The quantitative estimate of drug-likeness (QED) is 0.0990. The molecule has 11 heteroatoms. The van der Waals surface area contributed by atoms with Crippen molar-refractivity contribution in [2.75, 3.05) is 0 Å². The van der Waals surface area contributed by atoms with E-state index in [4.69, 9.17) is 0 Å². The Hall–Kier alpha value is -5.62. The van der Waals surface area contributed by atoms with Crippen molar-refractivity contribution in [3.63, 3.8) is 0 Å². The number of allylic oxidation sites excluding steroid dienone is 2. The van der Waals surface area contributed by atoms with E-state index < -0.39 is 57.2 Å². The van der Waals surface area contributed by atoms with Crippen LogP contribution in [0.25, 0.3) is 53.2 Å². The molecule has 0 N–H and O–H groups in total. The second-order valence-electron chi connectivity index (χ2n) is 16.0. The number of thiophene rings is 3. The average Bonchev–Trinajstić information content (AvgIpc) is 4.00. The summed E-state index contributed by atoms with van der Waals surface area (Å²) < 4.78 is 55.9. The van der Waals surface area contributed by atoms with Crippen LogP contribution in [0, 0.1) is 23.3 Å². The summed E-state index contributed by atoms with van der Waals surface area (Å²) in [6.07, 6.45) is 3.25. The third-order valence-electron chi connectivity index (χ3n) is 12.0. The summed E-state index contributed by atoms with van der Waals surface area (Å²) in [5, 5.41) is 1.35. The molecule has 0 amide bonds. The molecule has 0 fully saturated rings. The van der Waals surface area contributed by atoms with Crippen LogP contribution < -0.4 is 0 Å². The first kappa shape index (κ1) is 34.6. The van der Waals surface area contributed by atoms with Crippen LogP contribution in [0.1, 0.15) is 101 Å². The Morgan fingerprint density at radius 3 is 1.02 bits per heavy atom. The lowest BCUT2D eigenvalue weighted by atomic mass is 9.74. The molecule has 3 heterocycles. The van der Waals surface area contributed by atoms with E-state index >= 15 is 0 Å². The van der Waals surface area contributed by atoms with Gasteiger partial charge in [-0.3, -0.25) is 19.2 Å². The molecule has 11 rings (SSSR count). The monoisotopic (exact) mass is 812 g/mol. The molecular weight excluding hydrogens is 789 g/mol. The standard InChI is InChI=1S/C46H24F4O4S3/c1-45(2)29-15-21(13-27-37(51)23-5-17-9-31(47)32(48)10-18(17)6-24(23)38(27)52)55-41(29)43-35(45)36-44(57-43)42-30(46(36,3)4)16-22(56-42)14-28-39(53)25-7-19-11-33(49)34(50)12-20(19)8-26(25)40(28)54/h5-16H,1-4H3. The molecule has 4 nitrogen and oxygen atoms in total. The van der Waals surface area contributed by atoms with Gasteiger partial charge in [-0.15, -0.1) is 34.0 Å². The Morgan fingerprint density at radius 1 is 0.421 bits per heavy atom. The van der Waals surface area contributed by atoms with Crippen LogP contribution in [0.5, 0.6) is 0 Å². The second kappa shape index (κ2) is 11.1. The molecule has 57 heavy (non-hydrogen) atoms. The molecule has 0 unspecified atom stereocenters. The maximum Gasteiger partial charge on any atom is 0.197 e. The zero-order chi connectivity index (χ0) is 39.8. The molecular formula is C46H24F4O4S3. The van der Waals surface area contributed by atoms with Crippen LogP contribution in [-0.2, 0) is 10.8 Å². The van der Waals surface area contributed by atoms with Gasteiger partial charge in [0.2, 0.25) is 0 Å². The fraction of sp³-hybridized carbons (Fsp3) is 0.130. The van der Waals surface area contributed by atoms with Gasteiger partial charge in [0.25, 0.3) is 0 Å². The molecule has 4 aliphatic rings. The van der Waals surface area contributed by atoms with E-state index in [0.717, 1.165) is 64.7 Å². The number of benzene rings is 4. The number of carbonyl (C=O) groups is 4. The highest BCUT2D eigenvalue weighted by molar-refractivity contribution is 7.27. The fourth-order valence-corrected chi connectivity index (χ4v) is 13.6. The Bertz CT molecular complexity index is 2920. The molecule has 7 aromatic rings. The van der Waals surface area contributed by atoms with Crippen LogP contribution in [0.15, 0.2) is 71.8 Å². The summed E-state index contributed by atoms with van der Waals surface area (Å²) in [4.78, 5) is 60.1. The van der Waals surface area contributed by atoms with E-state index in [1.54, 1.807) is 23.5 Å². The van der Waals surface area contributed by atoms with Crippen LogP contribution in [0.2, 0.25) is 0 Å². The maximum atomic E-state index is 14.0. The number of fused-ring (bicyclic) bond motifs is 11. The Labute approximate surface area is 333 Å². The molecule has 3 aromatic heterocycles. The normalized spacial score (nSPS) is 16.8. The average molecular weight is 813 g/mol. The highest BCUT2D eigenvalue weighted by Crippen LogP contribution is 2.66. The smallest absolute Gasteiger partial charge is 0.197 e. The summed E-state index contributed by atoms with van der Waals surface area (Å²) in [5.41, 5.74) is 4.57. The first-order chi connectivity index (χ1) is 27.0. The Balaban J connectivity index is 0.954. The first-order valence-electron chi connectivity index (χ1n) is 18.0. The summed E-state index contributed by atoms with van der Waals surface area (Å²) in [6.45, 7) is 8.72. The van der Waals surface area contributed by atoms with Crippen LogP contribution in [0.4, 0.5) is 17.6 Å². The van der Waals surface area contributed by atoms with Crippen molar-refractivity contribution >= 4 is 90.8 Å². The number of ketones is 4. The molecule has 0 aliphatic heterocycles. The summed E-state index contributed by atoms with van der Waals surface area (Å²) >= 11 is 4.72. The lowest BCUT2D eigenvalue weighted by molar-refractivity contribution is 0.0975. The molecule has 0 radical (unpaired) electrons. The van der Waals surface area contributed by atoms with Crippen molar-refractivity contribution in [3.05, 3.63) is 149 Å². The van der Waals surface area contributed by atoms with Gasteiger partial charge in [0.1, 0.15) is 0 Å². The minimum Gasteiger partial charge on any atom is -0.288 e. The van der Waals surface area contributed by atoms with Crippen molar-refractivity contribution in [2.24, 2.45) is 0 Å². The van der Waals surface area contributed by atoms with Crippen molar-refractivity contribution in [1.82, 2.24) is 0 Å². The van der Waals surface area contributed by atoms with Crippen LogP contribution >= 0.6 is 34.0 Å². The third-order valence-corrected chi connectivity index (χ3v) is 15.7. The van der Waals surface area contributed by atoms with Crippen molar-refractivity contribution < 1.29 is 36.7 Å². The van der Waals surface area contributed by atoms with Gasteiger partial charge < -0.3 is 0 Å². The van der Waals surface area contributed by atoms with Gasteiger partial charge in [0, 0.05) is 62.3 Å². The minimum absolute atomic E-state index is 0.0114. The number of carbonyl (C=O) groups excluding carboxylic acids is 4. The Morgan fingerprint density at radius 2 is 0.719 bits per heavy atom. The van der Waals surface area contributed by atoms with Gasteiger partial charge >= 0.3 is 0 Å². The topological polar surface area (TPSA) is 68.3 Å². The molecule has 0 bridgehead atoms. The summed E-state index contributed by atoms with van der Waals surface area (Å²) in [6, 6.07) is 14.0. The van der Waals surface area contributed by atoms with Crippen LogP contribution in [0.3, 0.4) is 0 Å². The number of Topliss-reactive ketones (excluding diaryl/α,β-unsaturated/α-hetero) is 4. The van der Waals surface area contributed by atoms with E-state index in [9.17, 15) is 36.7 Å². The minimum atomic E-state index is -1.03. The lowest BCUT2D eigenvalue weighted by Crippen LogP contribution is -2.23. The Kier molecular flexibility index (Phi) is 6.72. The van der Waals surface area contributed by atoms with Gasteiger partial charge in [0.15, 0.2) is 46.4 Å². The zero-order valence-electron chi connectivity index (χ0n) is 30.3. The van der Waals surface area contributed by atoms with Gasteiger partial charge in [-0.25, -0.2) is 17.6 Å². The highest BCUT2D eigenvalue weighted by atomic mass is 32.1. The van der Waals surface area contributed by atoms with Crippen molar-refractivity contribution in [3.8, 4) is 19.5 Å². The van der Waals surface area contributed by atoms with E-state index in [0.29, 0.717) is 21.5 Å². The van der Waals surface area contributed by atoms with Crippen LogP contribution in [-0.4, -0.2) is 23.1 Å². The maximum absolute atomic E-state index is 14.0. The molecule has 0 spiro atoms. The largest absolute Gasteiger partial charge is 0.288 e. The predicted octanol–water partition coefficient (Wildman–Crippen LogP) is 12.3. The summed E-state index contributed by atoms with van der Waals surface area (Å²) in [7, 11) is 0.